The monoisotopic (exact) mass is 435 g/mol. The first-order valence-electron chi connectivity index (χ1n) is 10.7. The van der Waals surface area contributed by atoms with Gasteiger partial charge in [-0.25, -0.2) is 4.79 Å². The summed E-state index contributed by atoms with van der Waals surface area (Å²) in [6.07, 6.45) is 2.83. The number of methoxy groups -OCH3 is 3. The van der Waals surface area contributed by atoms with Crippen LogP contribution in [0.1, 0.15) is 22.9 Å². The number of urea groups is 1. The Morgan fingerprint density at radius 2 is 1.69 bits per heavy atom. The molecule has 0 saturated carbocycles. The number of ether oxygens (including phenoxy) is 3. The molecule has 3 aromatic rings. The van der Waals surface area contributed by atoms with Crippen molar-refractivity contribution in [2.45, 2.75) is 19.0 Å². The molecule has 1 aromatic heterocycles. The Morgan fingerprint density at radius 3 is 2.34 bits per heavy atom. The summed E-state index contributed by atoms with van der Waals surface area (Å²) in [6, 6.07) is 17.7. The van der Waals surface area contributed by atoms with Crippen LogP contribution in [-0.4, -0.2) is 49.9 Å². The molecule has 1 aliphatic heterocycles. The van der Waals surface area contributed by atoms with Gasteiger partial charge in [0.2, 0.25) is 5.75 Å². The summed E-state index contributed by atoms with van der Waals surface area (Å²) in [5, 5.41) is 3.09. The first-order valence-corrected chi connectivity index (χ1v) is 10.7. The van der Waals surface area contributed by atoms with Crippen LogP contribution in [0.3, 0.4) is 0 Å². The molecule has 4 rings (SSSR count). The molecule has 0 fully saturated rings. The quantitative estimate of drug-likeness (QED) is 0.612. The van der Waals surface area contributed by atoms with Crippen LogP contribution in [0.15, 0.2) is 60.8 Å². The van der Waals surface area contributed by atoms with Crippen molar-refractivity contribution in [3.63, 3.8) is 0 Å². The number of aromatic nitrogens is 1. The lowest BCUT2D eigenvalue weighted by Gasteiger charge is -2.37. The van der Waals surface area contributed by atoms with Gasteiger partial charge in [0.15, 0.2) is 11.5 Å². The molecule has 2 heterocycles. The molecular formula is C25H29N3O4. The van der Waals surface area contributed by atoms with Crippen molar-refractivity contribution in [1.29, 1.82) is 0 Å². The third kappa shape index (κ3) is 4.23. The zero-order chi connectivity index (χ0) is 22.5. The van der Waals surface area contributed by atoms with Crippen LogP contribution in [0.5, 0.6) is 17.2 Å². The van der Waals surface area contributed by atoms with Crippen molar-refractivity contribution in [2.24, 2.45) is 0 Å². The van der Waals surface area contributed by atoms with Gasteiger partial charge in [-0.05, 0) is 41.8 Å². The van der Waals surface area contributed by atoms with E-state index in [1.165, 1.54) is 5.56 Å². The lowest BCUT2D eigenvalue weighted by molar-refractivity contribution is 0.168. The second-order valence-electron chi connectivity index (χ2n) is 7.65. The fourth-order valence-electron chi connectivity index (χ4n) is 4.27. The maximum Gasteiger partial charge on any atom is 0.318 e. The van der Waals surface area contributed by atoms with Gasteiger partial charge in [0, 0.05) is 31.5 Å². The molecule has 32 heavy (non-hydrogen) atoms. The van der Waals surface area contributed by atoms with Gasteiger partial charge in [0.05, 0.1) is 27.4 Å². The molecule has 7 nitrogen and oxygen atoms in total. The molecule has 1 unspecified atom stereocenters. The molecule has 2 amide bonds. The number of hydrogen-bond acceptors (Lipinski definition) is 4. The summed E-state index contributed by atoms with van der Waals surface area (Å²) in [6.45, 7) is 1.91. The first kappa shape index (κ1) is 21.6. The van der Waals surface area contributed by atoms with Gasteiger partial charge < -0.3 is 29.0 Å². The van der Waals surface area contributed by atoms with Crippen molar-refractivity contribution in [3.05, 3.63) is 77.6 Å². The van der Waals surface area contributed by atoms with Crippen LogP contribution >= 0.6 is 0 Å². The summed E-state index contributed by atoms with van der Waals surface area (Å²) in [4.78, 5) is 15.1. The van der Waals surface area contributed by atoms with E-state index in [0.717, 1.165) is 24.2 Å². The average molecular weight is 436 g/mol. The van der Waals surface area contributed by atoms with Gasteiger partial charge in [-0.2, -0.15) is 0 Å². The Hall–Kier alpha value is -3.61. The van der Waals surface area contributed by atoms with Gasteiger partial charge in [0.1, 0.15) is 0 Å². The van der Waals surface area contributed by atoms with E-state index in [1.807, 2.05) is 47.5 Å². The van der Waals surface area contributed by atoms with Crippen LogP contribution in [-0.2, 0) is 13.0 Å². The van der Waals surface area contributed by atoms with Gasteiger partial charge >= 0.3 is 6.03 Å². The zero-order valence-corrected chi connectivity index (χ0v) is 18.7. The summed E-state index contributed by atoms with van der Waals surface area (Å²) in [5.41, 5.74) is 3.14. The van der Waals surface area contributed by atoms with Crippen LogP contribution in [0.25, 0.3) is 0 Å². The molecule has 0 aliphatic carbocycles. The van der Waals surface area contributed by atoms with Gasteiger partial charge in [-0.15, -0.1) is 0 Å². The average Bonchev–Trinajstić information content (AvgIpc) is 3.32. The minimum atomic E-state index is -0.274. The molecule has 0 saturated heterocycles. The number of nitrogens with one attached hydrogen (secondary N) is 1. The Bertz CT molecular complexity index is 1040. The summed E-state index contributed by atoms with van der Waals surface area (Å²) < 4.78 is 18.8. The second kappa shape index (κ2) is 9.68. The predicted octanol–water partition coefficient (Wildman–Crippen LogP) is 3.87. The second-order valence-corrected chi connectivity index (χ2v) is 7.65. The molecule has 0 bridgehead atoms. The molecule has 1 atom stereocenters. The summed E-state index contributed by atoms with van der Waals surface area (Å²) in [5.74, 6) is 1.66. The number of nitrogens with zero attached hydrogens (tertiary/aromatic N) is 2. The van der Waals surface area contributed by atoms with E-state index in [2.05, 4.69) is 28.1 Å². The molecule has 0 spiro atoms. The van der Waals surface area contributed by atoms with E-state index >= 15 is 0 Å². The standard InChI is InChI=1S/C25H29N3O4/c1-30-21-16-19(17-22(31-2)24(21)32-3)23-20-10-7-13-27(20)14-15-28(23)25(29)26-12-11-18-8-5-4-6-9-18/h4-10,13,16-17,23H,11-12,14-15H2,1-3H3,(H,26,29). The molecule has 2 aromatic carbocycles. The van der Waals surface area contributed by atoms with E-state index in [9.17, 15) is 4.79 Å². The first-order chi connectivity index (χ1) is 15.7. The Kier molecular flexibility index (Phi) is 6.54. The number of fused-ring (bicyclic) bond motifs is 1. The Labute approximate surface area is 188 Å². The van der Waals surface area contributed by atoms with Crippen molar-refractivity contribution >= 4 is 6.03 Å². The number of carbonyl (C=O) groups excluding carboxylic acids is 1. The Balaban J connectivity index is 1.62. The number of hydrogen-bond donors (Lipinski definition) is 1. The fraction of sp³-hybridized carbons (Fsp3) is 0.320. The summed E-state index contributed by atoms with van der Waals surface area (Å²) in [7, 11) is 4.77. The van der Waals surface area contributed by atoms with Crippen molar-refractivity contribution < 1.29 is 19.0 Å². The third-order valence-corrected chi connectivity index (χ3v) is 5.83. The highest BCUT2D eigenvalue weighted by molar-refractivity contribution is 5.75. The highest BCUT2D eigenvalue weighted by Crippen LogP contribution is 2.43. The maximum atomic E-state index is 13.3. The van der Waals surface area contributed by atoms with Crippen LogP contribution in [0.2, 0.25) is 0 Å². The zero-order valence-electron chi connectivity index (χ0n) is 18.7. The van der Waals surface area contributed by atoms with E-state index in [4.69, 9.17) is 14.2 Å². The molecule has 7 heteroatoms. The topological polar surface area (TPSA) is 65.0 Å². The van der Waals surface area contributed by atoms with Crippen molar-refractivity contribution in [1.82, 2.24) is 14.8 Å². The number of rotatable bonds is 7. The lowest BCUT2D eigenvalue weighted by atomic mass is 9.99. The number of carbonyl (C=O) groups is 1. The van der Waals surface area contributed by atoms with Crippen LogP contribution in [0.4, 0.5) is 4.79 Å². The molecule has 1 aliphatic rings. The van der Waals surface area contributed by atoms with Gasteiger partial charge in [0.25, 0.3) is 0 Å². The SMILES string of the molecule is COc1cc(C2c3cccn3CCN2C(=O)NCCc2ccccc2)cc(OC)c1OC. The molecule has 1 N–H and O–H groups in total. The predicted molar refractivity (Wildman–Crippen MR) is 123 cm³/mol. The smallest absolute Gasteiger partial charge is 0.318 e. The maximum absolute atomic E-state index is 13.3. The van der Waals surface area contributed by atoms with Crippen molar-refractivity contribution in [2.75, 3.05) is 34.4 Å². The normalized spacial score (nSPS) is 15.1. The third-order valence-electron chi connectivity index (χ3n) is 5.83. The van der Waals surface area contributed by atoms with E-state index in [1.54, 1.807) is 21.3 Å². The minimum Gasteiger partial charge on any atom is -0.493 e. The van der Waals surface area contributed by atoms with Crippen LogP contribution < -0.4 is 19.5 Å². The minimum absolute atomic E-state index is 0.0906. The van der Waals surface area contributed by atoms with E-state index < -0.39 is 0 Å². The largest absolute Gasteiger partial charge is 0.493 e. The highest BCUT2D eigenvalue weighted by Gasteiger charge is 2.33. The lowest BCUT2D eigenvalue weighted by Crippen LogP contribution is -2.47. The fourth-order valence-corrected chi connectivity index (χ4v) is 4.27. The highest BCUT2D eigenvalue weighted by atomic mass is 16.5. The number of amides is 2. The molecular weight excluding hydrogens is 406 g/mol. The number of benzene rings is 2. The summed E-state index contributed by atoms with van der Waals surface area (Å²) >= 11 is 0. The van der Waals surface area contributed by atoms with Crippen LogP contribution in [0, 0.1) is 0 Å². The van der Waals surface area contributed by atoms with E-state index in [-0.39, 0.29) is 12.1 Å². The van der Waals surface area contributed by atoms with Crippen molar-refractivity contribution in [3.8, 4) is 17.2 Å². The van der Waals surface area contributed by atoms with Gasteiger partial charge in [-0.3, -0.25) is 0 Å². The van der Waals surface area contributed by atoms with Gasteiger partial charge in [-0.1, -0.05) is 30.3 Å². The molecule has 168 valence electrons. The molecule has 0 radical (unpaired) electrons. The van der Waals surface area contributed by atoms with E-state index in [0.29, 0.717) is 30.3 Å². The Morgan fingerprint density at radius 1 is 0.969 bits per heavy atom.